The first-order chi connectivity index (χ1) is 8.61. The third-order valence-electron chi connectivity index (χ3n) is 2.15. The van der Waals surface area contributed by atoms with E-state index < -0.39 is 5.91 Å². The molecule has 0 aromatic carbocycles. The number of primary amides is 1. The highest BCUT2D eigenvalue weighted by molar-refractivity contribution is 7.99. The van der Waals surface area contributed by atoms with Crippen LogP contribution in [0.5, 0.6) is 0 Å². The first-order valence-electron chi connectivity index (χ1n) is 5.09. The second-order valence-corrected chi connectivity index (χ2v) is 4.42. The van der Waals surface area contributed by atoms with Gasteiger partial charge >= 0.3 is 0 Å². The number of carbonyl (C=O) groups excluding carboxylic acids is 1. The quantitative estimate of drug-likeness (QED) is 0.457. The van der Waals surface area contributed by atoms with E-state index in [0.717, 1.165) is 11.8 Å². The smallest absolute Gasteiger partial charge is 0.262 e. The number of nitrogens with two attached hydrogens (primary N) is 1. The summed E-state index contributed by atoms with van der Waals surface area (Å²) in [4.78, 5) is 29.1. The number of aromatic nitrogens is 4. The summed E-state index contributed by atoms with van der Waals surface area (Å²) in [7, 11) is 0. The van der Waals surface area contributed by atoms with Crippen molar-refractivity contribution in [2.45, 2.75) is 11.7 Å². The SMILES string of the molecule is NC(=O)CSc1nc2c(cnn2CCO)c(=O)[nH]1. The van der Waals surface area contributed by atoms with Crippen LogP contribution in [0.4, 0.5) is 0 Å². The predicted octanol–water partition coefficient (Wildman–Crippen LogP) is -1.31. The van der Waals surface area contributed by atoms with Crippen molar-refractivity contribution in [3.63, 3.8) is 0 Å². The largest absolute Gasteiger partial charge is 0.394 e. The first-order valence-corrected chi connectivity index (χ1v) is 6.08. The zero-order chi connectivity index (χ0) is 13.1. The molecular weight excluding hydrogens is 258 g/mol. The van der Waals surface area contributed by atoms with Crippen LogP contribution in [0.25, 0.3) is 11.0 Å². The maximum absolute atomic E-state index is 11.7. The van der Waals surface area contributed by atoms with Crippen LogP contribution >= 0.6 is 11.8 Å². The van der Waals surface area contributed by atoms with Crippen LogP contribution in [0.1, 0.15) is 0 Å². The zero-order valence-electron chi connectivity index (χ0n) is 9.29. The van der Waals surface area contributed by atoms with Crippen molar-refractivity contribution in [3.05, 3.63) is 16.6 Å². The van der Waals surface area contributed by atoms with Crippen molar-refractivity contribution < 1.29 is 9.90 Å². The lowest BCUT2D eigenvalue weighted by Gasteiger charge is -2.01. The number of nitrogens with one attached hydrogen (secondary N) is 1. The molecule has 8 nitrogen and oxygen atoms in total. The number of nitrogens with zero attached hydrogens (tertiary/aromatic N) is 3. The van der Waals surface area contributed by atoms with E-state index in [9.17, 15) is 9.59 Å². The van der Waals surface area contributed by atoms with E-state index in [1.165, 1.54) is 10.9 Å². The number of carbonyl (C=O) groups is 1. The fraction of sp³-hybridized carbons (Fsp3) is 0.333. The lowest BCUT2D eigenvalue weighted by Crippen LogP contribution is -2.15. The number of fused-ring (bicyclic) bond motifs is 1. The van der Waals surface area contributed by atoms with Gasteiger partial charge in [0.05, 0.1) is 25.1 Å². The molecule has 0 atom stereocenters. The molecule has 0 aliphatic carbocycles. The maximum atomic E-state index is 11.7. The van der Waals surface area contributed by atoms with Crippen LogP contribution in [-0.4, -0.2) is 43.1 Å². The molecule has 2 heterocycles. The van der Waals surface area contributed by atoms with Gasteiger partial charge in [-0.15, -0.1) is 0 Å². The molecule has 96 valence electrons. The minimum absolute atomic E-state index is 0.0303. The van der Waals surface area contributed by atoms with E-state index in [2.05, 4.69) is 15.1 Å². The van der Waals surface area contributed by atoms with Gasteiger partial charge in [-0.3, -0.25) is 9.59 Å². The van der Waals surface area contributed by atoms with Crippen LogP contribution in [-0.2, 0) is 11.3 Å². The molecule has 4 N–H and O–H groups in total. The summed E-state index contributed by atoms with van der Waals surface area (Å²) in [5, 5.41) is 13.5. The van der Waals surface area contributed by atoms with Crippen molar-refractivity contribution in [2.75, 3.05) is 12.4 Å². The molecule has 0 saturated carbocycles. The summed E-state index contributed by atoms with van der Waals surface area (Å²) < 4.78 is 1.43. The molecule has 18 heavy (non-hydrogen) atoms. The fourth-order valence-corrected chi connectivity index (χ4v) is 2.01. The van der Waals surface area contributed by atoms with Crippen LogP contribution in [0.15, 0.2) is 16.1 Å². The van der Waals surface area contributed by atoms with Gasteiger partial charge in [0.25, 0.3) is 5.56 Å². The van der Waals surface area contributed by atoms with Gasteiger partial charge in [-0.1, -0.05) is 11.8 Å². The van der Waals surface area contributed by atoms with Gasteiger partial charge in [-0.2, -0.15) is 5.10 Å². The summed E-state index contributed by atoms with van der Waals surface area (Å²) in [6.45, 7) is 0.148. The number of aliphatic hydroxyl groups excluding tert-OH is 1. The third kappa shape index (κ3) is 2.51. The monoisotopic (exact) mass is 269 g/mol. The zero-order valence-corrected chi connectivity index (χ0v) is 10.1. The Kier molecular flexibility index (Phi) is 3.63. The van der Waals surface area contributed by atoms with Crippen molar-refractivity contribution in [1.82, 2.24) is 19.7 Å². The number of aromatic amines is 1. The second kappa shape index (κ2) is 5.19. The molecule has 0 spiro atoms. The highest BCUT2D eigenvalue weighted by atomic mass is 32.2. The van der Waals surface area contributed by atoms with E-state index in [-0.39, 0.29) is 24.5 Å². The van der Waals surface area contributed by atoms with Crippen molar-refractivity contribution in [3.8, 4) is 0 Å². The summed E-state index contributed by atoms with van der Waals surface area (Å²) >= 11 is 1.04. The lowest BCUT2D eigenvalue weighted by molar-refractivity contribution is -0.115. The van der Waals surface area contributed by atoms with Crippen LogP contribution < -0.4 is 11.3 Å². The van der Waals surface area contributed by atoms with E-state index in [1.807, 2.05) is 0 Å². The Morgan fingerprint density at radius 2 is 2.39 bits per heavy atom. The average molecular weight is 269 g/mol. The van der Waals surface area contributed by atoms with Crippen molar-refractivity contribution >= 4 is 28.7 Å². The molecule has 0 radical (unpaired) electrons. The number of amides is 1. The molecule has 0 aliphatic rings. The molecule has 2 aromatic heterocycles. The molecule has 0 unspecified atom stereocenters. The fourth-order valence-electron chi connectivity index (χ4n) is 1.41. The predicted molar refractivity (Wildman–Crippen MR) is 65.2 cm³/mol. The van der Waals surface area contributed by atoms with Crippen LogP contribution in [0.3, 0.4) is 0 Å². The Bertz CT molecular complexity index is 635. The Balaban J connectivity index is 2.41. The van der Waals surface area contributed by atoms with Crippen LogP contribution in [0, 0.1) is 0 Å². The maximum Gasteiger partial charge on any atom is 0.262 e. The Hall–Kier alpha value is -1.87. The first kappa shape index (κ1) is 12.6. The molecule has 1 amide bonds. The Labute approximate surface area is 105 Å². The van der Waals surface area contributed by atoms with E-state index in [0.29, 0.717) is 16.2 Å². The molecular formula is C9H11N5O3S. The van der Waals surface area contributed by atoms with Gasteiger partial charge in [0, 0.05) is 0 Å². The van der Waals surface area contributed by atoms with Gasteiger partial charge < -0.3 is 15.8 Å². The average Bonchev–Trinajstić information content (AvgIpc) is 2.71. The van der Waals surface area contributed by atoms with Gasteiger partial charge in [-0.05, 0) is 0 Å². The van der Waals surface area contributed by atoms with Crippen molar-refractivity contribution in [1.29, 1.82) is 0 Å². The van der Waals surface area contributed by atoms with E-state index >= 15 is 0 Å². The third-order valence-corrected chi connectivity index (χ3v) is 3.04. The minimum Gasteiger partial charge on any atom is -0.394 e. The highest BCUT2D eigenvalue weighted by Gasteiger charge is 2.10. The molecule has 2 aromatic rings. The minimum atomic E-state index is -0.494. The van der Waals surface area contributed by atoms with Crippen LogP contribution in [0.2, 0.25) is 0 Å². The standard InChI is InChI=1S/C9H11N5O3S/c10-6(16)4-18-9-12-7-5(8(17)13-9)3-11-14(7)1-2-15/h3,15H,1-2,4H2,(H2,10,16)(H,12,13,17). The highest BCUT2D eigenvalue weighted by Crippen LogP contribution is 2.14. The summed E-state index contributed by atoms with van der Waals surface area (Å²) in [5.41, 5.74) is 5.06. The normalized spacial score (nSPS) is 10.9. The molecule has 0 saturated heterocycles. The topological polar surface area (TPSA) is 127 Å². The number of rotatable bonds is 5. The van der Waals surface area contributed by atoms with E-state index in [4.69, 9.17) is 10.8 Å². The second-order valence-electron chi connectivity index (χ2n) is 3.45. The molecule has 0 aliphatic heterocycles. The molecule has 0 bridgehead atoms. The number of hydrogen-bond acceptors (Lipinski definition) is 6. The molecule has 2 rings (SSSR count). The Morgan fingerprint density at radius 1 is 1.61 bits per heavy atom. The van der Waals surface area contributed by atoms with E-state index in [1.54, 1.807) is 0 Å². The summed E-state index contributed by atoms with van der Waals surface area (Å²) in [5.74, 6) is -0.464. The molecule has 9 heteroatoms. The molecule has 0 fully saturated rings. The lowest BCUT2D eigenvalue weighted by atomic mass is 10.4. The van der Waals surface area contributed by atoms with Crippen molar-refractivity contribution in [2.24, 2.45) is 5.73 Å². The summed E-state index contributed by atoms with van der Waals surface area (Å²) in [6, 6.07) is 0. The van der Waals surface area contributed by atoms with Gasteiger partial charge in [0.1, 0.15) is 5.39 Å². The van der Waals surface area contributed by atoms with Gasteiger partial charge in [-0.25, -0.2) is 9.67 Å². The number of hydrogen-bond donors (Lipinski definition) is 3. The number of H-pyrrole nitrogens is 1. The number of thioether (sulfide) groups is 1. The van der Waals surface area contributed by atoms with Gasteiger partial charge in [0.15, 0.2) is 10.8 Å². The number of aliphatic hydroxyl groups is 1. The Morgan fingerprint density at radius 3 is 3.06 bits per heavy atom. The van der Waals surface area contributed by atoms with Gasteiger partial charge in [0.2, 0.25) is 5.91 Å². The summed E-state index contributed by atoms with van der Waals surface area (Å²) in [6.07, 6.45) is 1.39.